The fraction of sp³-hybridized carbons (Fsp3) is 0.500. The molecule has 0 saturated carbocycles. The second kappa shape index (κ2) is 7.96. The zero-order chi connectivity index (χ0) is 16.9. The predicted molar refractivity (Wildman–Crippen MR) is 98.0 cm³/mol. The molecule has 1 atom stereocenters. The van der Waals surface area contributed by atoms with Crippen molar-refractivity contribution in [1.82, 2.24) is 15.2 Å². The number of piperidine rings is 1. The van der Waals surface area contributed by atoms with Crippen molar-refractivity contribution in [2.75, 3.05) is 34.4 Å². The molecule has 3 rings (SSSR count). The molecule has 0 spiro atoms. The number of para-hydroxylation sites is 1. The van der Waals surface area contributed by atoms with Crippen LogP contribution in [-0.4, -0.2) is 50.3 Å². The maximum absolute atomic E-state index is 5.53. The Balaban J connectivity index is 1.76. The van der Waals surface area contributed by atoms with Gasteiger partial charge in [-0.25, -0.2) is 4.98 Å². The van der Waals surface area contributed by atoms with Gasteiger partial charge in [0.25, 0.3) is 0 Å². The maximum atomic E-state index is 5.53. The molecule has 1 aliphatic rings. The molecule has 2 aromatic rings. The number of thiazole rings is 1. The van der Waals surface area contributed by atoms with Crippen molar-refractivity contribution in [2.45, 2.75) is 25.4 Å². The number of likely N-dealkylation sites (tertiary alicyclic amines) is 1. The largest absolute Gasteiger partial charge is 0.493 e. The highest BCUT2D eigenvalue weighted by Crippen LogP contribution is 2.39. The molecule has 1 aromatic carbocycles. The van der Waals surface area contributed by atoms with E-state index >= 15 is 0 Å². The average molecular weight is 347 g/mol. The summed E-state index contributed by atoms with van der Waals surface area (Å²) in [4.78, 5) is 7.31. The Morgan fingerprint density at radius 2 is 2.21 bits per heavy atom. The molecule has 130 valence electrons. The first-order valence-corrected chi connectivity index (χ1v) is 9.18. The van der Waals surface area contributed by atoms with E-state index in [0.717, 1.165) is 47.4 Å². The zero-order valence-corrected chi connectivity index (χ0v) is 15.4. The lowest BCUT2D eigenvalue weighted by Gasteiger charge is -2.31. The van der Waals surface area contributed by atoms with Crippen LogP contribution in [0.5, 0.6) is 11.5 Å². The predicted octanol–water partition coefficient (Wildman–Crippen LogP) is 3.01. The van der Waals surface area contributed by atoms with E-state index in [4.69, 9.17) is 14.5 Å². The summed E-state index contributed by atoms with van der Waals surface area (Å²) in [5.41, 5.74) is 2.11. The van der Waals surface area contributed by atoms with Crippen LogP contribution in [0.1, 0.15) is 18.5 Å². The number of nitrogens with zero attached hydrogens (tertiary/aromatic N) is 2. The van der Waals surface area contributed by atoms with Gasteiger partial charge in [-0.15, -0.1) is 11.3 Å². The third-order valence-corrected chi connectivity index (χ3v) is 5.41. The molecule has 0 amide bonds. The topological polar surface area (TPSA) is 46.6 Å². The Morgan fingerprint density at radius 3 is 2.96 bits per heavy atom. The quantitative estimate of drug-likeness (QED) is 0.870. The first-order valence-electron chi connectivity index (χ1n) is 8.30. The molecular weight excluding hydrogens is 322 g/mol. The molecule has 0 radical (unpaired) electrons. The van der Waals surface area contributed by atoms with E-state index in [1.165, 1.54) is 12.8 Å². The van der Waals surface area contributed by atoms with Gasteiger partial charge in [0, 0.05) is 24.5 Å². The molecule has 6 heteroatoms. The molecule has 1 unspecified atom stereocenters. The molecule has 1 N–H and O–H groups in total. The smallest absolute Gasteiger partial charge is 0.170 e. The summed E-state index contributed by atoms with van der Waals surface area (Å²) < 4.78 is 10.9. The van der Waals surface area contributed by atoms with Crippen molar-refractivity contribution in [3.63, 3.8) is 0 Å². The van der Waals surface area contributed by atoms with Crippen LogP contribution in [0.15, 0.2) is 23.6 Å². The number of hydrogen-bond donors (Lipinski definition) is 1. The standard InChI is InChI=1S/C18H25N3O2S/c1-19-13-6-5-9-21(10-13)11-14-12-24-18(20-14)15-7-4-8-16(22-2)17(15)23-3/h4,7-8,12-13,19H,5-6,9-11H2,1-3H3. The van der Waals surface area contributed by atoms with E-state index in [0.29, 0.717) is 6.04 Å². The number of rotatable bonds is 6. The van der Waals surface area contributed by atoms with Crippen LogP contribution in [0.25, 0.3) is 10.6 Å². The number of aromatic nitrogens is 1. The van der Waals surface area contributed by atoms with Gasteiger partial charge >= 0.3 is 0 Å². The van der Waals surface area contributed by atoms with Crippen LogP contribution < -0.4 is 14.8 Å². The molecule has 24 heavy (non-hydrogen) atoms. The maximum Gasteiger partial charge on any atom is 0.170 e. The zero-order valence-electron chi connectivity index (χ0n) is 14.5. The summed E-state index contributed by atoms with van der Waals surface area (Å²) in [6, 6.07) is 6.50. The number of methoxy groups -OCH3 is 2. The van der Waals surface area contributed by atoms with Gasteiger partial charge in [0.1, 0.15) is 5.01 Å². The van der Waals surface area contributed by atoms with Crippen molar-refractivity contribution in [1.29, 1.82) is 0 Å². The third kappa shape index (κ3) is 3.71. The van der Waals surface area contributed by atoms with Crippen LogP contribution in [-0.2, 0) is 6.54 Å². The van der Waals surface area contributed by atoms with Crippen molar-refractivity contribution in [3.8, 4) is 22.1 Å². The van der Waals surface area contributed by atoms with E-state index < -0.39 is 0 Å². The van der Waals surface area contributed by atoms with Crippen molar-refractivity contribution in [2.24, 2.45) is 0 Å². The van der Waals surface area contributed by atoms with Gasteiger partial charge in [-0.05, 0) is 38.6 Å². The van der Waals surface area contributed by atoms with Crippen LogP contribution >= 0.6 is 11.3 Å². The number of hydrogen-bond acceptors (Lipinski definition) is 6. The summed E-state index contributed by atoms with van der Waals surface area (Å²) in [6.07, 6.45) is 2.50. The van der Waals surface area contributed by atoms with E-state index in [9.17, 15) is 0 Å². The van der Waals surface area contributed by atoms with E-state index in [-0.39, 0.29) is 0 Å². The van der Waals surface area contributed by atoms with E-state index in [2.05, 4.69) is 15.6 Å². The van der Waals surface area contributed by atoms with Crippen molar-refractivity contribution in [3.05, 3.63) is 29.3 Å². The van der Waals surface area contributed by atoms with Gasteiger partial charge in [-0.2, -0.15) is 0 Å². The lowest BCUT2D eigenvalue weighted by molar-refractivity contribution is 0.186. The monoisotopic (exact) mass is 347 g/mol. The second-order valence-electron chi connectivity index (χ2n) is 6.05. The normalized spacial score (nSPS) is 18.5. The summed E-state index contributed by atoms with van der Waals surface area (Å²) in [5.74, 6) is 1.48. The molecular formula is C18H25N3O2S. The number of likely N-dealkylation sites (N-methyl/N-ethyl adjacent to an activating group) is 1. The van der Waals surface area contributed by atoms with Crippen LogP contribution in [0.2, 0.25) is 0 Å². The molecule has 2 heterocycles. The molecule has 5 nitrogen and oxygen atoms in total. The van der Waals surface area contributed by atoms with Crippen LogP contribution in [0.4, 0.5) is 0 Å². The summed E-state index contributed by atoms with van der Waals surface area (Å²) in [5, 5.41) is 6.51. The molecule has 0 bridgehead atoms. The lowest BCUT2D eigenvalue weighted by atomic mass is 10.1. The van der Waals surface area contributed by atoms with Crippen molar-refractivity contribution >= 4 is 11.3 Å². The van der Waals surface area contributed by atoms with Gasteiger partial charge < -0.3 is 14.8 Å². The highest BCUT2D eigenvalue weighted by Gasteiger charge is 2.20. The molecule has 1 saturated heterocycles. The average Bonchev–Trinajstić information content (AvgIpc) is 3.09. The third-order valence-electron chi connectivity index (χ3n) is 4.48. The highest BCUT2D eigenvalue weighted by molar-refractivity contribution is 7.13. The minimum Gasteiger partial charge on any atom is -0.493 e. The SMILES string of the molecule is CNC1CCCN(Cc2csc(-c3cccc(OC)c3OC)n2)C1. The molecule has 1 fully saturated rings. The molecule has 1 aromatic heterocycles. The van der Waals surface area contributed by atoms with E-state index in [1.54, 1.807) is 25.6 Å². The summed E-state index contributed by atoms with van der Waals surface area (Å²) in [6.45, 7) is 3.14. The fourth-order valence-electron chi connectivity index (χ4n) is 3.22. The molecule has 0 aliphatic carbocycles. The Morgan fingerprint density at radius 1 is 1.33 bits per heavy atom. The second-order valence-corrected chi connectivity index (χ2v) is 6.91. The first-order chi connectivity index (χ1) is 11.7. The van der Waals surface area contributed by atoms with Gasteiger partial charge in [-0.1, -0.05) is 6.07 Å². The Labute approximate surface area is 147 Å². The minimum atomic E-state index is 0.593. The Bertz CT molecular complexity index is 674. The van der Waals surface area contributed by atoms with E-state index in [1.807, 2.05) is 25.2 Å². The minimum absolute atomic E-state index is 0.593. The summed E-state index contributed by atoms with van der Waals surface area (Å²) >= 11 is 1.66. The Hall–Kier alpha value is -1.63. The highest BCUT2D eigenvalue weighted by atomic mass is 32.1. The number of nitrogens with one attached hydrogen (secondary N) is 1. The van der Waals surface area contributed by atoms with Gasteiger partial charge in [0.15, 0.2) is 11.5 Å². The number of ether oxygens (including phenoxy) is 2. The molecule has 1 aliphatic heterocycles. The lowest BCUT2D eigenvalue weighted by Crippen LogP contribution is -2.43. The van der Waals surface area contributed by atoms with Crippen LogP contribution in [0.3, 0.4) is 0 Å². The fourth-order valence-corrected chi connectivity index (χ4v) is 4.06. The van der Waals surface area contributed by atoms with Gasteiger partial charge in [0.05, 0.1) is 25.5 Å². The van der Waals surface area contributed by atoms with Gasteiger partial charge in [-0.3, -0.25) is 4.90 Å². The van der Waals surface area contributed by atoms with Crippen LogP contribution in [0, 0.1) is 0 Å². The number of benzene rings is 1. The van der Waals surface area contributed by atoms with Crippen molar-refractivity contribution < 1.29 is 9.47 Å². The first kappa shape index (κ1) is 17.2. The van der Waals surface area contributed by atoms with Gasteiger partial charge in [0.2, 0.25) is 0 Å². The Kier molecular flexibility index (Phi) is 5.71. The summed E-state index contributed by atoms with van der Waals surface area (Å²) in [7, 11) is 5.37.